The fraction of sp³-hybridized carbons (Fsp3) is 0.667. The van der Waals surface area contributed by atoms with Crippen molar-refractivity contribution in [2.75, 3.05) is 20.0 Å². The molecule has 0 amide bonds. The second-order valence-electron chi connectivity index (χ2n) is 4.75. The van der Waals surface area contributed by atoms with Crippen LogP contribution in [0.4, 0.5) is 0 Å². The van der Waals surface area contributed by atoms with Gasteiger partial charge in [0, 0.05) is 10.5 Å². The van der Waals surface area contributed by atoms with E-state index in [0.29, 0.717) is 23.2 Å². The molecular weight excluding hydrogens is 252 g/mol. The summed E-state index contributed by atoms with van der Waals surface area (Å²) in [6.45, 7) is 6.30. The van der Waals surface area contributed by atoms with Crippen LogP contribution in [-0.2, 0) is 0 Å². The molecule has 0 aromatic carbocycles. The van der Waals surface area contributed by atoms with E-state index < -0.39 is 6.10 Å². The van der Waals surface area contributed by atoms with Gasteiger partial charge in [-0.2, -0.15) is 16.7 Å². The van der Waals surface area contributed by atoms with Crippen molar-refractivity contribution in [3.05, 3.63) is 11.9 Å². The van der Waals surface area contributed by atoms with Crippen molar-refractivity contribution in [3.8, 4) is 11.8 Å². The number of aromatic nitrogens is 2. The second kappa shape index (κ2) is 6.24. The molecule has 1 heterocycles. The largest absolute Gasteiger partial charge is 0.480 e. The number of methoxy groups -OCH3 is 2. The van der Waals surface area contributed by atoms with Crippen molar-refractivity contribution in [2.45, 2.75) is 31.6 Å². The van der Waals surface area contributed by atoms with Crippen molar-refractivity contribution in [1.29, 1.82) is 0 Å². The van der Waals surface area contributed by atoms with Gasteiger partial charge in [-0.25, -0.2) is 4.98 Å². The van der Waals surface area contributed by atoms with E-state index in [0.717, 1.165) is 0 Å². The number of aliphatic hydroxyl groups is 1. The fourth-order valence-electron chi connectivity index (χ4n) is 1.25. The van der Waals surface area contributed by atoms with Crippen molar-refractivity contribution in [3.63, 3.8) is 0 Å². The van der Waals surface area contributed by atoms with Gasteiger partial charge in [0.05, 0.1) is 20.4 Å². The molecule has 0 aliphatic carbocycles. The summed E-state index contributed by atoms with van der Waals surface area (Å²) in [5.74, 6) is 1.21. The van der Waals surface area contributed by atoms with Crippen molar-refractivity contribution < 1.29 is 14.6 Å². The molecule has 0 aliphatic rings. The Morgan fingerprint density at radius 2 is 2.00 bits per heavy atom. The number of aliphatic hydroxyl groups excluding tert-OH is 1. The normalized spacial score (nSPS) is 13.2. The molecule has 1 rings (SSSR count). The lowest BCUT2D eigenvalue weighted by Crippen LogP contribution is -2.14. The van der Waals surface area contributed by atoms with Gasteiger partial charge >= 0.3 is 0 Å². The van der Waals surface area contributed by atoms with E-state index in [1.807, 2.05) is 0 Å². The molecule has 1 aromatic rings. The zero-order valence-corrected chi connectivity index (χ0v) is 12.2. The summed E-state index contributed by atoms with van der Waals surface area (Å²) in [4.78, 5) is 8.24. The first-order valence-electron chi connectivity index (χ1n) is 5.64. The number of rotatable bonds is 5. The monoisotopic (exact) mass is 272 g/mol. The Bertz CT molecular complexity index is 393. The molecule has 1 aromatic heterocycles. The summed E-state index contributed by atoms with van der Waals surface area (Å²) >= 11 is 1.66. The second-order valence-corrected chi connectivity index (χ2v) is 6.59. The van der Waals surface area contributed by atoms with E-state index in [9.17, 15) is 5.11 Å². The topological polar surface area (TPSA) is 64.5 Å². The standard InChI is InChI=1S/C12H20N2O3S/c1-12(2,3)18-7-8(15)10-11(17-5)14-9(16-4)6-13-10/h6,8,15H,7H2,1-5H3. The Labute approximate surface area is 112 Å². The zero-order valence-electron chi connectivity index (χ0n) is 11.4. The molecule has 0 fully saturated rings. The minimum absolute atomic E-state index is 0.0914. The maximum Gasteiger partial charge on any atom is 0.241 e. The lowest BCUT2D eigenvalue weighted by molar-refractivity contribution is 0.191. The first-order chi connectivity index (χ1) is 8.37. The lowest BCUT2D eigenvalue weighted by atomic mass is 10.2. The molecule has 0 radical (unpaired) electrons. The summed E-state index contributed by atoms with van der Waals surface area (Å²) in [6, 6.07) is 0. The van der Waals surface area contributed by atoms with Gasteiger partial charge in [0.25, 0.3) is 0 Å². The molecule has 1 unspecified atom stereocenters. The van der Waals surface area contributed by atoms with Crippen LogP contribution in [-0.4, -0.2) is 39.8 Å². The Hall–Kier alpha value is -1.01. The SMILES string of the molecule is COc1cnc(C(O)CSC(C)(C)C)c(OC)n1. The summed E-state index contributed by atoms with van der Waals surface area (Å²) in [6.07, 6.45) is 0.769. The Kier molecular flexibility index (Phi) is 5.22. The van der Waals surface area contributed by atoms with Crippen LogP contribution in [0.5, 0.6) is 11.8 Å². The van der Waals surface area contributed by atoms with Gasteiger partial charge in [-0.3, -0.25) is 0 Å². The molecule has 1 atom stereocenters. The van der Waals surface area contributed by atoms with Gasteiger partial charge in [-0.05, 0) is 0 Å². The third-order valence-corrected chi connectivity index (χ3v) is 3.49. The average molecular weight is 272 g/mol. The van der Waals surface area contributed by atoms with Gasteiger partial charge in [0.15, 0.2) is 0 Å². The molecule has 5 nitrogen and oxygen atoms in total. The van der Waals surface area contributed by atoms with E-state index in [1.54, 1.807) is 11.8 Å². The number of ether oxygens (including phenoxy) is 2. The van der Waals surface area contributed by atoms with Crippen molar-refractivity contribution in [2.24, 2.45) is 0 Å². The van der Waals surface area contributed by atoms with Crippen LogP contribution >= 0.6 is 11.8 Å². The van der Waals surface area contributed by atoms with Gasteiger partial charge in [0.2, 0.25) is 11.8 Å². The lowest BCUT2D eigenvalue weighted by Gasteiger charge is -2.20. The first-order valence-corrected chi connectivity index (χ1v) is 6.63. The summed E-state index contributed by atoms with van der Waals surface area (Å²) in [5.41, 5.74) is 0.440. The minimum atomic E-state index is -0.706. The molecule has 0 spiro atoms. The third-order valence-electron chi connectivity index (χ3n) is 2.14. The summed E-state index contributed by atoms with van der Waals surface area (Å²) in [7, 11) is 3.01. The Morgan fingerprint density at radius 1 is 1.33 bits per heavy atom. The fourth-order valence-corrected chi connectivity index (χ4v) is 2.07. The highest BCUT2D eigenvalue weighted by molar-refractivity contribution is 8.00. The van der Waals surface area contributed by atoms with Gasteiger partial charge < -0.3 is 14.6 Å². The van der Waals surface area contributed by atoms with E-state index in [-0.39, 0.29) is 4.75 Å². The summed E-state index contributed by atoms with van der Waals surface area (Å²) in [5, 5.41) is 10.1. The number of thioether (sulfide) groups is 1. The predicted molar refractivity (Wildman–Crippen MR) is 72.3 cm³/mol. The Balaban J connectivity index is 2.81. The van der Waals surface area contributed by atoms with Gasteiger partial charge in [-0.15, -0.1) is 0 Å². The van der Waals surface area contributed by atoms with Crippen LogP contribution in [0.1, 0.15) is 32.6 Å². The number of hydrogen-bond acceptors (Lipinski definition) is 6. The maximum absolute atomic E-state index is 10.1. The van der Waals surface area contributed by atoms with E-state index in [2.05, 4.69) is 30.7 Å². The highest BCUT2D eigenvalue weighted by atomic mass is 32.2. The molecule has 1 N–H and O–H groups in total. The zero-order chi connectivity index (χ0) is 13.8. The average Bonchev–Trinajstić information content (AvgIpc) is 2.34. The number of nitrogens with zero attached hydrogens (tertiary/aromatic N) is 2. The van der Waals surface area contributed by atoms with E-state index in [1.165, 1.54) is 20.4 Å². The highest BCUT2D eigenvalue weighted by Gasteiger charge is 2.20. The molecule has 0 bridgehead atoms. The molecule has 102 valence electrons. The molecular formula is C12H20N2O3S. The van der Waals surface area contributed by atoms with Crippen molar-refractivity contribution >= 4 is 11.8 Å². The van der Waals surface area contributed by atoms with Crippen LogP contribution in [0.25, 0.3) is 0 Å². The smallest absolute Gasteiger partial charge is 0.241 e. The van der Waals surface area contributed by atoms with E-state index >= 15 is 0 Å². The molecule has 0 aliphatic heterocycles. The molecule has 6 heteroatoms. The third kappa shape index (κ3) is 4.34. The predicted octanol–water partition coefficient (Wildman–Crippen LogP) is 2.06. The van der Waals surface area contributed by atoms with Crippen LogP contribution in [0.2, 0.25) is 0 Å². The number of hydrogen-bond donors (Lipinski definition) is 1. The van der Waals surface area contributed by atoms with Crippen LogP contribution < -0.4 is 9.47 Å². The van der Waals surface area contributed by atoms with E-state index in [4.69, 9.17) is 9.47 Å². The highest BCUT2D eigenvalue weighted by Crippen LogP contribution is 2.30. The van der Waals surface area contributed by atoms with Crippen LogP contribution in [0.3, 0.4) is 0 Å². The minimum Gasteiger partial charge on any atom is -0.480 e. The summed E-state index contributed by atoms with van der Waals surface area (Å²) < 4.78 is 10.2. The van der Waals surface area contributed by atoms with Gasteiger partial charge in [-0.1, -0.05) is 20.8 Å². The maximum atomic E-state index is 10.1. The quantitative estimate of drug-likeness (QED) is 0.885. The van der Waals surface area contributed by atoms with Crippen LogP contribution in [0.15, 0.2) is 6.20 Å². The Morgan fingerprint density at radius 3 is 2.50 bits per heavy atom. The van der Waals surface area contributed by atoms with Gasteiger partial charge in [0.1, 0.15) is 11.8 Å². The first kappa shape index (κ1) is 15.0. The van der Waals surface area contributed by atoms with Crippen molar-refractivity contribution in [1.82, 2.24) is 9.97 Å². The van der Waals surface area contributed by atoms with Crippen LogP contribution in [0, 0.1) is 0 Å². The molecule has 18 heavy (non-hydrogen) atoms. The molecule has 0 saturated carbocycles. The molecule has 0 saturated heterocycles.